The maximum Gasteiger partial charge on any atom is 0.271 e. The van der Waals surface area contributed by atoms with Crippen molar-refractivity contribution < 1.29 is 14.3 Å². The van der Waals surface area contributed by atoms with Crippen molar-refractivity contribution in [2.45, 2.75) is 19.8 Å². The second-order valence-corrected chi connectivity index (χ2v) is 7.42. The Hall–Kier alpha value is -2.16. The molecule has 6 nitrogen and oxygen atoms in total. The maximum absolute atomic E-state index is 12.6. The molecule has 0 bridgehead atoms. The van der Waals surface area contributed by atoms with Crippen LogP contribution in [0, 0.1) is 0 Å². The lowest BCUT2D eigenvalue weighted by atomic mass is 10.2. The smallest absolute Gasteiger partial charge is 0.271 e. The van der Waals surface area contributed by atoms with Gasteiger partial charge in [0.25, 0.3) is 11.8 Å². The molecule has 0 aliphatic carbocycles. The number of hydrazine groups is 1. The summed E-state index contributed by atoms with van der Waals surface area (Å²) in [5.41, 5.74) is 5.49. The second-order valence-electron chi connectivity index (χ2n) is 5.68. The van der Waals surface area contributed by atoms with E-state index in [9.17, 15) is 9.59 Å². The summed E-state index contributed by atoms with van der Waals surface area (Å²) in [5, 5.41) is 2.75. The van der Waals surface area contributed by atoms with Crippen LogP contribution in [0.2, 0.25) is 5.02 Å². The third-order valence-corrected chi connectivity index (χ3v) is 4.60. The number of hydrogen-bond acceptors (Lipinski definition) is 4. The molecule has 0 radical (unpaired) electrons. The number of benzene rings is 2. The standard InChI is InChI=1S/C19H19BrClN3O3S/c1-2-3-10-27-16-9-8-12(20)11-14(16)17(25)22-19(28)24-23-18(26)13-6-4-5-7-15(13)21/h4-9,11H,2-3,10H2,1H3,(H,23,26)(H2,22,24,25,28). The lowest BCUT2D eigenvalue weighted by Crippen LogP contribution is -2.48. The molecule has 28 heavy (non-hydrogen) atoms. The van der Waals surface area contributed by atoms with Crippen molar-refractivity contribution in [3.63, 3.8) is 0 Å². The highest BCUT2D eigenvalue weighted by atomic mass is 79.9. The number of carbonyl (C=O) groups excluding carboxylic acids is 2. The topological polar surface area (TPSA) is 79.5 Å². The van der Waals surface area contributed by atoms with Gasteiger partial charge in [-0.3, -0.25) is 25.8 Å². The van der Waals surface area contributed by atoms with Crippen molar-refractivity contribution >= 4 is 56.7 Å². The molecule has 0 unspecified atom stereocenters. The molecule has 0 saturated heterocycles. The molecule has 0 atom stereocenters. The summed E-state index contributed by atoms with van der Waals surface area (Å²) in [7, 11) is 0. The normalized spacial score (nSPS) is 10.1. The Morgan fingerprint density at radius 1 is 1.11 bits per heavy atom. The summed E-state index contributed by atoms with van der Waals surface area (Å²) in [6.07, 6.45) is 1.86. The average Bonchev–Trinajstić information content (AvgIpc) is 2.67. The van der Waals surface area contributed by atoms with Crippen molar-refractivity contribution in [2.24, 2.45) is 0 Å². The zero-order valence-corrected chi connectivity index (χ0v) is 18.2. The molecular weight excluding hydrogens is 466 g/mol. The molecule has 148 valence electrons. The minimum Gasteiger partial charge on any atom is -0.493 e. The number of thiocarbonyl (C=S) groups is 1. The van der Waals surface area contributed by atoms with Gasteiger partial charge in [-0.15, -0.1) is 0 Å². The predicted octanol–water partition coefficient (Wildman–Crippen LogP) is 4.23. The Labute approximate surface area is 182 Å². The van der Waals surface area contributed by atoms with Crippen LogP contribution in [0.15, 0.2) is 46.9 Å². The van der Waals surface area contributed by atoms with Crippen molar-refractivity contribution in [2.75, 3.05) is 6.61 Å². The van der Waals surface area contributed by atoms with Crippen molar-refractivity contribution in [1.82, 2.24) is 16.2 Å². The minimum absolute atomic E-state index is 0.0649. The zero-order chi connectivity index (χ0) is 20.5. The minimum atomic E-state index is -0.478. The fourth-order valence-electron chi connectivity index (χ4n) is 2.16. The summed E-state index contributed by atoms with van der Waals surface area (Å²) in [5.74, 6) is -0.484. The van der Waals surface area contributed by atoms with E-state index < -0.39 is 11.8 Å². The van der Waals surface area contributed by atoms with Crippen LogP contribution in [0.25, 0.3) is 0 Å². The first-order valence-corrected chi connectivity index (χ1v) is 10.1. The molecular formula is C19H19BrClN3O3S. The Morgan fingerprint density at radius 3 is 2.57 bits per heavy atom. The summed E-state index contributed by atoms with van der Waals surface area (Å²) in [6.45, 7) is 2.56. The van der Waals surface area contributed by atoms with Crippen molar-refractivity contribution in [3.05, 3.63) is 63.1 Å². The Kier molecular flexibility index (Phi) is 8.69. The Bertz CT molecular complexity index is 879. The number of amides is 2. The molecule has 0 aromatic heterocycles. The van der Waals surface area contributed by atoms with Gasteiger partial charge in [-0.2, -0.15) is 0 Å². The highest BCUT2D eigenvalue weighted by Crippen LogP contribution is 2.23. The lowest BCUT2D eigenvalue weighted by molar-refractivity contribution is 0.0933. The molecule has 0 fully saturated rings. The van der Waals surface area contributed by atoms with E-state index in [0.29, 0.717) is 22.9 Å². The molecule has 2 aromatic carbocycles. The van der Waals surface area contributed by atoms with E-state index in [1.54, 1.807) is 42.5 Å². The lowest BCUT2D eigenvalue weighted by Gasteiger charge is -2.14. The first-order chi connectivity index (χ1) is 13.4. The fraction of sp³-hybridized carbons (Fsp3) is 0.211. The number of unbranched alkanes of at least 4 members (excludes halogenated alkanes) is 1. The third-order valence-electron chi connectivity index (χ3n) is 3.58. The average molecular weight is 485 g/mol. The van der Waals surface area contributed by atoms with Gasteiger partial charge in [0, 0.05) is 4.47 Å². The molecule has 0 saturated carbocycles. The molecule has 2 aromatic rings. The number of nitrogens with one attached hydrogen (secondary N) is 3. The van der Waals surface area contributed by atoms with E-state index in [0.717, 1.165) is 17.3 Å². The summed E-state index contributed by atoms with van der Waals surface area (Å²) in [6, 6.07) is 11.7. The Balaban J connectivity index is 1.96. The summed E-state index contributed by atoms with van der Waals surface area (Å²) >= 11 is 14.4. The van der Waals surface area contributed by atoms with Gasteiger partial charge in [-0.1, -0.05) is 53.0 Å². The van der Waals surface area contributed by atoms with Crippen LogP contribution in [0.1, 0.15) is 40.5 Å². The van der Waals surface area contributed by atoms with Gasteiger partial charge in [-0.05, 0) is 49.0 Å². The van der Waals surface area contributed by atoms with E-state index in [4.69, 9.17) is 28.6 Å². The molecule has 0 aliphatic heterocycles. The number of hydrogen-bond donors (Lipinski definition) is 3. The second kappa shape index (κ2) is 11.0. The molecule has 2 rings (SSSR count). The fourth-order valence-corrected chi connectivity index (χ4v) is 2.89. The third kappa shape index (κ3) is 6.47. The molecule has 9 heteroatoms. The van der Waals surface area contributed by atoms with Gasteiger partial charge in [0.05, 0.1) is 22.8 Å². The SMILES string of the molecule is CCCCOc1ccc(Br)cc1C(=O)NC(=S)NNC(=O)c1ccccc1Cl. The molecule has 0 heterocycles. The van der Waals surface area contributed by atoms with Crippen molar-refractivity contribution in [3.8, 4) is 5.75 Å². The van der Waals surface area contributed by atoms with Crippen LogP contribution >= 0.6 is 39.7 Å². The van der Waals surface area contributed by atoms with Crippen LogP contribution in [0.4, 0.5) is 0 Å². The van der Waals surface area contributed by atoms with Crippen LogP contribution in [0.3, 0.4) is 0 Å². The molecule has 2 amide bonds. The number of halogens is 2. The predicted molar refractivity (Wildman–Crippen MR) is 117 cm³/mol. The quantitative estimate of drug-likeness (QED) is 0.325. The van der Waals surface area contributed by atoms with Crippen LogP contribution < -0.4 is 20.9 Å². The van der Waals surface area contributed by atoms with Crippen LogP contribution in [-0.2, 0) is 0 Å². The summed E-state index contributed by atoms with van der Waals surface area (Å²) < 4.78 is 6.40. The van der Waals surface area contributed by atoms with Crippen molar-refractivity contribution in [1.29, 1.82) is 0 Å². The first kappa shape index (κ1) is 22.1. The summed E-state index contributed by atoms with van der Waals surface area (Å²) in [4.78, 5) is 24.7. The Morgan fingerprint density at radius 2 is 1.86 bits per heavy atom. The van der Waals surface area contributed by atoms with E-state index in [1.165, 1.54) is 0 Å². The van der Waals surface area contributed by atoms with E-state index >= 15 is 0 Å². The van der Waals surface area contributed by atoms with Gasteiger partial charge >= 0.3 is 0 Å². The molecule has 0 aliphatic rings. The maximum atomic E-state index is 12.6. The molecule has 3 N–H and O–H groups in total. The monoisotopic (exact) mass is 483 g/mol. The van der Waals surface area contributed by atoms with E-state index in [-0.39, 0.29) is 10.7 Å². The van der Waals surface area contributed by atoms with Crippen LogP contribution in [0.5, 0.6) is 5.75 Å². The van der Waals surface area contributed by atoms with Gasteiger partial charge in [0.2, 0.25) is 0 Å². The van der Waals surface area contributed by atoms with Gasteiger partial charge < -0.3 is 4.74 Å². The zero-order valence-electron chi connectivity index (χ0n) is 15.1. The largest absolute Gasteiger partial charge is 0.493 e. The van der Waals surface area contributed by atoms with Gasteiger partial charge in [-0.25, -0.2) is 0 Å². The highest BCUT2D eigenvalue weighted by Gasteiger charge is 2.16. The van der Waals surface area contributed by atoms with E-state index in [1.807, 2.05) is 0 Å². The highest BCUT2D eigenvalue weighted by molar-refractivity contribution is 9.10. The van der Waals surface area contributed by atoms with E-state index in [2.05, 4.69) is 39.0 Å². The number of rotatable bonds is 6. The van der Waals surface area contributed by atoms with Crippen LogP contribution in [-0.4, -0.2) is 23.5 Å². The number of carbonyl (C=O) groups is 2. The van der Waals surface area contributed by atoms with Gasteiger partial charge in [0.15, 0.2) is 5.11 Å². The first-order valence-electron chi connectivity index (χ1n) is 8.51. The number of ether oxygens (including phenoxy) is 1. The van der Waals surface area contributed by atoms with Gasteiger partial charge in [0.1, 0.15) is 5.75 Å². The molecule has 0 spiro atoms.